The number of aromatic nitrogens is 2. The molecule has 1 N–H and O–H groups in total. The molecular weight excluding hydrogens is 368 g/mol. The Morgan fingerprint density at radius 1 is 1.32 bits per heavy atom. The zero-order chi connectivity index (χ0) is 20.6. The summed E-state index contributed by atoms with van der Waals surface area (Å²) < 4.78 is 1.15. The average molecular weight is 386 g/mol. The minimum atomic E-state index is -1.43. The fourth-order valence-corrected chi connectivity index (χ4v) is 3.38. The van der Waals surface area contributed by atoms with Crippen LogP contribution < -0.4 is 5.43 Å². The van der Waals surface area contributed by atoms with Gasteiger partial charge in [-0.25, -0.2) is 9.48 Å². The number of nitro groups is 1. The van der Waals surface area contributed by atoms with E-state index in [1.807, 2.05) is 0 Å². The maximum absolute atomic E-state index is 13.0. The molecule has 0 radical (unpaired) electrons. The fraction of sp³-hybridized carbons (Fsp3) is 0.333. The highest BCUT2D eigenvalue weighted by molar-refractivity contribution is 5.96. The number of nitrogens with zero attached hydrogens (tertiary/aromatic N) is 4. The van der Waals surface area contributed by atoms with Gasteiger partial charge in [-0.1, -0.05) is 12.1 Å². The monoisotopic (exact) mass is 386 g/mol. The van der Waals surface area contributed by atoms with E-state index in [1.54, 1.807) is 6.07 Å². The summed E-state index contributed by atoms with van der Waals surface area (Å²) in [7, 11) is 0. The first-order chi connectivity index (χ1) is 13.2. The van der Waals surface area contributed by atoms with E-state index in [-0.39, 0.29) is 24.3 Å². The Kier molecular flexibility index (Phi) is 4.72. The van der Waals surface area contributed by atoms with Crippen molar-refractivity contribution in [3.05, 3.63) is 62.1 Å². The predicted octanol–water partition coefficient (Wildman–Crippen LogP) is 1.53. The number of amides is 1. The molecule has 1 atom stereocenters. The molecule has 10 heteroatoms. The second kappa shape index (κ2) is 6.87. The van der Waals surface area contributed by atoms with E-state index >= 15 is 0 Å². The summed E-state index contributed by atoms with van der Waals surface area (Å²) in [6.45, 7) is 3.15. The van der Waals surface area contributed by atoms with Gasteiger partial charge in [0.05, 0.1) is 4.92 Å². The van der Waals surface area contributed by atoms with Crippen molar-refractivity contribution in [2.75, 3.05) is 6.54 Å². The van der Waals surface area contributed by atoms with Crippen LogP contribution in [0.5, 0.6) is 0 Å². The largest absolute Gasteiger partial charge is 0.480 e. The van der Waals surface area contributed by atoms with Crippen LogP contribution in [0.4, 0.5) is 5.69 Å². The van der Waals surface area contributed by atoms with Crippen molar-refractivity contribution in [1.29, 1.82) is 0 Å². The summed E-state index contributed by atoms with van der Waals surface area (Å²) in [5.41, 5.74) is -2.41. The molecule has 0 saturated carbocycles. The molecular formula is C18H18N4O6. The first kappa shape index (κ1) is 19.2. The Hall–Kier alpha value is -3.56. The van der Waals surface area contributed by atoms with Crippen LogP contribution in [-0.2, 0) is 4.79 Å². The molecule has 1 aliphatic heterocycles. The van der Waals surface area contributed by atoms with Gasteiger partial charge in [-0.2, -0.15) is 5.10 Å². The lowest BCUT2D eigenvalue weighted by Crippen LogP contribution is -2.52. The Bertz CT molecular complexity index is 1050. The molecule has 3 rings (SSSR count). The Morgan fingerprint density at radius 3 is 2.64 bits per heavy atom. The van der Waals surface area contributed by atoms with Gasteiger partial charge in [0.15, 0.2) is 5.69 Å². The van der Waals surface area contributed by atoms with E-state index in [9.17, 15) is 29.6 Å². The summed E-state index contributed by atoms with van der Waals surface area (Å²) >= 11 is 0. The Labute approximate surface area is 159 Å². The van der Waals surface area contributed by atoms with Crippen LogP contribution in [0.15, 0.2) is 35.1 Å². The van der Waals surface area contributed by atoms with E-state index in [0.29, 0.717) is 12.1 Å². The molecule has 0 spiro atoms. The van der Waals surface area contributed by atoms with Crippen LogP contribution in [0.25, 0.3) is 5.69 Å². The molecule has 1 unspecified atom stereocenters. The van der Waals surface area contributed by atoms with Crippen LogP contribution >= 0.6 is 0 Å². The summed E-state index contributed by atoms with van der Waals surface area (Å²) in [5, 5.41) is 24.9. The van der Waals surface area contributed by atoms with Gasteiger partial charge in [0.1, 0.15) is 11.2 Å². The van der Waals surface area contributed by atoms with Crippen molar-refractivity contribution in [1.82, 2.24) is 14.7 Å². The van der Waals surface area contributed by atoms with Gasteiger partial charge < -0.3 is 10.0 Å². The van der Waals surface area contributed by atoms with Crippen LogP contribution in [0.3, 0.4) is 0 Å². The molecule has 0 aliphatic carbocycles. The van der Waals surface area contributed by atoms with E-state index in [2.05, 4.69) is 5.10 Å². The number of aryl methyl sites for hydroxylation is 1. The van der Waals surface area contributed by atoms with E-state index in [1.165, 1.54) is 32.0 Å². The summed E-state index contributed by atoms with van der Waals surface area (Å²) in [4.78, 5) is 48.9. The third-order valence-corrected chi connectivity index (χ3v) is 4.96. The van der Waals surface area contributed by atoms with Crippen molar-refractivity contribution in [3.63, 3.8) is 0 Å². The van der Waals surface area contributed by atoms with Gasteiger partial charge in [0, 0.05) is 24.4 Å². The Balaban J connectivity index is 2.14. The number of hydrogen-bond donors (Lipinski definition) is 1. The van der Waals surface area contributed by atoms with E-state index in [4.69, 9.17) is 0 Å². The summed E-state index contributed by atoms with van der Waals surface area (Å²) in [5.74, 6) is -1.97. The molecule has 2 heterocycles. The number of carbonyl (C=O) groups excluding carboxylic acids is 1. The molecule has 1 amide bonds. The second-order valence-electron chi connectivity index (χ2n) is 6.80. The molecule has 1 saturated heterocycles. The van der Waals surface area contributed by atoms with E-state index < -0.39 is 33.5 Å². The van der Waals surface area contributed by atoms with Crippen molar-refractivity contribution in [2.45, 2.75) is 32.2 Å². The molecule has 28 heavy (non-hydrogen) atoms. The lowest BCUT2D eigenvalue weighted by Gasteiger charge is -2.30. The molecule has 146 valence electrons. The second-order valence-corrected chi connectivity index (χ2v) is 6.80. The highest BCUT2D eigenvalue weighted by Crippen LogP contribution is 2.30. The zero-order valence-electron chi connectivity index (χ0n) is 15.3. The molecule has 2 aromatic rings. The maximum atomic E-state index is 13.0. The zero-order valence-corrected chi connectivity index (χ0v) is 15.3. The third-order valence-electron chi connectivity index (χ3n) is 4.96. The number of rotatable bonds is 4. The number of nitro benzene ring substituents is 1. The fourth-order valence-electron chi connectivity index (χ4n) is 3.38. The highest BCUT2D eigenvalue weighted by atomic mass is 16.6. The van der Waals surface area contributed by atoms with Gasteiger partial charge in [-0.15, -0.1) is 0 Å². The number of carboxylic acids is 1. The quantitative estimate of drug-likeness (QED) is 0.621. The molecule has 1 aromatic heterocycles. The number of carbonyl (C=O) groups is 2. The van der Waals surface area contributed by atoms with Crippen LogP contribution in [-0.4, -0.2) is 48.7 Å². The molecule has 0 bridgehead atoms. The van der Waals surface area contributed by atoms with Gasteiger partial charge in [0.25, 0.3) is 11.6 Å². The first-order valence-corrected chi connectivity index (χ1v) is 8.57. The van der Waals surface area contributed by atoms with Gasteiger partial charge in [0.2, 0.25) is 5.43 Å². The predicted molar refractivity (Wildman–Crippen MR) is 97.5 cm³/mol. The molecule has 10 nitrogen and oxygen atoms in total. The van der Waals surface area contributed by atoms with Crippen LogP contribution in [0.2, 0.25) is 0 Å². The lowest BCUT2D eigenvalue weighted by molar-refractivity contribution is -0.384. The van der Waals surface area contributed by atoms with E-state index in [0.717, 1.165) is 15.6 Å². The number of aliphatic carboxylic acids is 1. The highest BCUT2D eigenvalue weighted by Gasteiger charge is 2.47. The SMILES string of the molecule is Cc1cc(=O)c(C(=O)N2CCCC2(C)C(=O)O)nn1-c1ccccc1[N+](=O)[O-]. The van der Waals surface area contributed by atoms with Crippen molar-refractivity contribution < 1.29 is 19.6 Å². The number of para-hydroxylation sites is 2. The average Bonchev–Trinajstić information content (AvgIpc) is 3.04. The van der Waals surface area contributed by atoms with Gasteiger partial charge >= 0.3 is 5.97 Å². The third kappa shape index (κ3) is 3.02. The van der Waals surface area contributed by atoms with Crippen LogP contribution in [0.1, 0.15) is 35.9 Å². The number of likely N-dealkylation sites (tertiary alicyclic amines) is 1. The van der Waals surface area contributed by atoms with Gasteiger partial charge in [-0.05, 0) is 32.8 Å². The smallest absolute Gasteiger partial charge is 0.329 e. The minimum Gasteiger partial charge on any atom is -0.480 e. The minimum absolute atomic E-state index is 0.0986. The number of hydrogen-bond acceptors (Lipinski definition) is 6. The number of carboxylic acid groups (broad SMARTS) is 1. The topological polar surface area (TPSA) is 136 Å². The summed E-state index contributed by atoms with van der Waals surface area (Å²) in [6.07, 6.45) is 0.747. The van der Waals surface area contributed by atoms with Crippen LogP contribution in [0, 0.1) is 17.0 Å². The molecule has 1 fully saturated rings. The van der Waals surface area contributed by atoms with Crippen molar-refractivity contribution in [2.24, 2.45) is 0 Å². The lowest BCUT2D eigenvalue weighted by atomic mass is 9.99. The summed E-state index contributed by atoms with van der Waals surface area (Å²) in [6, 6.07) is 6.97. The standard InChI is InChI=1S/C18H18N4O6/c1-11-10-14(23)15(16(24)20-9-5-8-18(20,2)17(25)26)19-21(11)12-6-3-4-7-13(12)22(27)28/h3-4,6-7,10H,5,8-9H2,1-2H3,(H,25,26). The van der Waals surface area contributed by atoms with Gasteiger partial charge in [-0.3, -0.25) is 19.7 Å². The van der Waals surface area contributed by atoms with Crippen molar-refractivity contribution in [3.8, 4) is 5.69 Å². The Morgan fingerprint density at radius 2 is 2.00 bits per heavy atom. The number of benzene rings is 1. The first-order valence-electron chi connectivity index (χ1n) is 8.57. The van der Waals surface area contributed by atoms with Crippen molar-refractivity contribution >= 4 is 17.6 Å². The molecule has 1 aromatic carbocycles. The maximum Gasteiger partial charge on any atom is 0.329 e. The molecule has 1 aliphatic rings. The normalized spacial score (nSPS) is 18.9.